The Hall–Kier alpha value is -4.57. The quantitative estimate of drug-likeness (QED) is 0.425. The van der Waals surface area contributed by atoms with Crippen molar-refractivity contribution in [3.8, 4) is 11.5 Å². The van der Waals surface area contributed by atoms with Gasteiger partial charge in [0.25, 0.3) is 5.56 Å². The highest BCUT2D eigenvalue weighted by Crippen LogP contribution is 2.53. The molecule has 3 aromatic carbocycles. The van der Waals surface area contributed by atoms with E-state index in [1.165, 1.54) is 29.2 Å². The van der Waals surface area contributed by atoms with E-state index in [4.69, 9.17) is 9.73 Å². The molecule has 38 heavy (non-hydrogen) atoms. The number of hydrogen-bond acceptors (Lipinski definition) is 7. The molecule has 4 aromatic rings. The van der Waals surface area contributed by atoms with Crippen LogP contribution >= 0.6 is 11.3 Å². The zero-order chi connectivity index (χ0) is 26.7. The number of urea groups is 1. The number of likely N-dealkylation sites (N-methyl/N-ethyl adjacent to an activating group) is 2. The number of carbonyl (C=O) groups excluding carboxylic acids is 1. The molecule has 6 rings (SSSR count). The molecule has 1 saturated heterocycles. The van der Waals surface area contributed by atoms with Gasteiger partial charge in [-0.25, -0.2) is 9.79 Å². The number of rotatable bonds is 4. The first-order chi connectivity index (χ1) is 18.3. The molecule has 3 heterocycles. The second-order valence-corrected chi connectivity index (χ2v) is 10.2. The lowest BCUT2D eigenvalue weighted by molar-refractivity contribution is 0.0648. The second-order valence-electron chi connectivity index (χ2n) is 9.20. The minimum absolute atomic E-state index is 0.0205. The van der Waals surface area contributed by atoms with E-state index in [1.54, 1.807) is 42.1 Å². The molecule has 0 saturated carbocycles. The van der Waals surface area contributed by atoms with Gasteiger partial charge in [0.2, 0.25) is 16.1 Å². The molecule has 2 atom stereocenters. The maximum Gasteiger partial charge on any atom is 0.324 e. The van der Waals surface area contributed by atoms with Crippen molar-refractivity contribution in [2.45, 2.75) is 11.3 Å². The SMILES string of the molecule is COc1ccc(/C=c2/sc3n(c2=O)N[C@@]2(c4ccccc4)N(C)C(=O)N(C)[C@]2(c2ccccc2)N=3)cc1O. The number of nitrogens with zero attached hydrogens (tertiary/aromatic N) is 4. The van der Waals surface area contributed by atoms with Crippen LogP contribution in [0.1, 0.15) is 16.7 Å². The van der Waals surface area contributed by atoms with Crippen molar-refractivity contribution in [3.05, 3.63) is 115 Å². The molecular weight excluding hydrogens is 502 g/mol. The zero-order valence-corrected chi connectivity index (χ0v) is 21.8. The van der Waals surface area contributed by atoms with Gasteiger partial charge in [-0.15, -0.1) is 0 Å². The molecule has 1 fully saturated rings. The fourth-order valence-electron chi connectivity index (χ4n) is 5.46. The maximum atomic E-state index is 13.7. The number of thiazole rings is 1. The molecule has 2 N–H and O–H groups in total. The minimum atomic E-state index is -1.23. The van der Waals surface area contributed by atoms with Gasteiger partial charge in [0.05, 0.1) is 11.6 Å². The molecular formula is C28H25N5O4S. The van der Waals surface area contributed by atoms with Crippen molar-refractivity contribution >= 4 is 23.4 Å². The molecule has 0 spiro atoms. The van der Waals surface area contributed by atoms with E-state index in [2.05, 4.69) is 5.43 Å². The molecule has 0 radical (unpaired) electrons. The molecule has 192 valence electrons. The molecule has 2 aliphatic rings. The number of aromatic hydroxyl groups is 1. The van der Waals surface area contributed by atoms with Crippen LogP contribution < -0.4 is 25.1 Å². The average Bonchev–Trinajstić information content (AvgIpc) is 3.33. The van der Waals surface area contributed by atoms with Crippen molar-refractivity contribution in [2.75, 3.05) is 26.6 Å². The van der Waals surface area contributed by atoms with Crippen molar-refractivity contribution in [1.82, 2.24) is 14.5 Å². The summed E-state index contributed by atoms with van der Waals surface area (Å²) in [6.45, 7) is 0. The number of methoxy groups -OCH3 is 1. The number of phenols is 1. The predicted molar refractivity (Wildman–Crippen MR) is 144 cm³/mol. The van der Waals surface area contributed by atoms with Gasteiger partial charge in [0.1, 0.15) is 0 Å². The number of amides is 2. The summed E-state index contributed by atoms with van der Waals surface area (Å²) in [7, 11) is 4.93. The molecule has 2 aliphatic heterocycles. The van der Waals surface area contributed by atoms with E-state index in [0.717, 1.165) is 11.1 Å². The van der Waals surface area contributed by atoms with Crippen LogP contribution in [0.15, 0.2) is 88.6 Å². The lowest BCUT2D eigenvalue weighted by Gasteiger charge is -2.49. The Balaban J connectivity index is 1.66. The van der Waals surface area contributed by atoms with E-state index >= 15 is 0 Å². The number of ether oxygens (including phenoxy) is 1. The number of aromatic nitrogens is 1. The standard InChI is InChI=1S/C28H25N5O4S/c1-31-26(36)32(2)28(20-12-8-5-9-13-20)27(31,19-10-6-4-7-11-19)29-25-33(30-28)24(35)23(38-25)17-18-14-15-22(37-3)21(34)16-18/h4-17,30,34H,1-3H3/b23-17+/t27-,28-/m0/s1. The van der Waals surface area contributed by atoms with E-state index in [0.29, 0.717) is 20.6 Å². The third-order valence-corrected chi connectivity index (χ3v) is 8.24. The number of phenolic OH excluding ortho intramolecular Hbond substituents is 1. The van der Waals surface area contributed by atoms with Crippen LogP contribution in [0.25, 0.3) is 6.08 Å². The van der Waals surface area contributed by atoms with Gasteiger partial charge in [0, 0.05) is 25.2 Å². The number of fused-ring (bicyclic) bond motifs is 2. The van der Waals surface area contributed by atoms with Crippen molar-refractivity contribution in [3.63, 3.8) is 0 Å². The number of hydrogen-bond donors (Lipinski definition) is 2. The first-order valence-electron chi connectivity index (χ1n) is 11.9. The Morgan fingerprint density at radius 2 is 1.61 bits per heavy atom. The fraction of sp³-hybridized carbons (Fsp3) is 0.179. The van der Waals surface area contributed by atoms with E-state index < -0.39 is 11.3 Å². The molecule has 0 aliphatic carbocycles. The van der Waals surface area contributed by atoms with Gasteiger partial charge in [-0.2, -0.15) is 4.68 Å². The smallest absolute Gasteiger partial charge is 0.324 e. The van der Waals surface area contributed by atoms with Crippen molar-refractivity contribution < 1.29 is 14.6 Å². The maximum absolute atomic E-state index is 13.7. The van der Waals surface area contributed by atoms with Crippen molar-refractivity contribution in [1.29, 1.82) is 0 Å². The van der Waals surface area contributed by atoms with Crippen LogP contribution in [0.4, 0.5) is 4.79 Å². The molecule has 1 aromatic heterocycles. The van der Waals surface area contributed by atoms with Crippen LogP contribution in [-0.2, 0) is 11.3 Å². The lowest BCUT2D eigenvalue weighted by atomic mass is 9.80. The third-order valence-electron chi connectivity index (χ3n) is 7.27. The summed E-state index contributed by atoms with van der Waals surface area (Å²) < 4.78 is 6.96. The van der Waals surface area contributed by atoms with Gasteiger partial charge in [0.15, 0.2) is 11.5 Å². The largest absolute Gasteiger partial charge is 0.504 e. The summed E-state index contributed by atoms with van der Waals surface area (Å²) in [5.74, 6) is 0.326. The van der Waals surface area contributed by atoms with Crippen molar-refractivity contribution in [2.24, 2.45) is 4.99 Å². The Kier molecular flexibility index (Phi) is 5.32. The highest BCUT2D eigenvalue weighted by atomic mass is 32.1. The Morgan fingerprint density at radius 1 is 0.947 bits per heavy atom. The summed E-state index contributed by atoms with van der Waals surface area (Å²) in [5, 5.41) is 10.2. The molecule has 0 bridgehead atoms. The normalized spacial score (nSPS) is 22.5. The molecule has 10 heteroatoms. The van der Waals surface area contributed by atoms with Crippen LogP contribution in [0, 0.1) is 0 Å². The van der Waals surface area contributed by atoms with E-state index in [9.17, 15) is 14.7 Å². The first kappa shape index (κ1) is 23.8. The number of nitrogens with one attached hydrogen (secondary N) is 1. The third kappa shape index (κ3) is 3.07. The summed E-state index contributed by atoms with van der Waals surface area (Å²) in [6, 6.07) is 23.9. The fourth-order valence-corrected chi connectivity index (χ4v) is 6.43. The van der Waals surface area contributed by atoms with Crippen LogP contribution in [0.2, 0.25) is 0 Å². The molecule has 9 nitrogen and oxygen atoms in total. The Labute approximate surface area is 222 Å². The topological polar surface area (TPSA) is 99.4 Å². The van der Waals surface area contributed by atoms with Gasteiger partial charge in [-0.05, 0) is 23.8 Å². The highest BCUT2D eigenvalue weighted by Gasteiger charge is 2.69. The van der Waals surface area contributed by atoms with Gasteiger partial charge in [-0.1, -0.05) is 78.1 Å². The molecule has 2 amide bonds. The minimum Gasteiger partial charge on any atom is -0.504 e. The Bertz CT molecular complexity index is 1740. The van der Waals surface area contributed by atoms with Crippen LogP contribution in [0.5, 0.6) is 11.5 Å². The predicted octanol–water partition coefficient (Wildman–Crippen LogP) is 2.33. The number of carbonyl (C=O) groups is 1. The van der Waals surface area contributed by atoms with Gasteiger partial charge < -0.3 is 9.84 Å². The van der Waals surface area contributed by atoms with E-state index in [-0.39, 0.29) is 17.3 Å². The summed E-state index contributed by atoms with van der Waals surface area (Å²) in [5.41, 5.74) is 2.91. The summed E-state index contributed by atoms with van der Waals surface area (Å²) in [4.78, 5) is 36.2. The number of benzene rings is 3. The Morgan fingerprint density at radius 3 is 2.24 bits per heavy atom. The first-order valence-corrected chi connectivity index (χ1v) is 12.8. The highest BCUT2D eigenvalue weighted by molar-refractivity contribution is 7.07. The average molecular weight is 528 g/mol. The van der Waals surface area contributed by atoms with E-state index in [1.807, 2.05) is 60.7 Å². The zero-order valence-electron chi connectivity index (χ0n) is 21.0. The monoisotopic (exact) mass is 527 g/mol. The van der Waals surface area contributed by atoms with Crippen LogP contribution in [0.3, 0.4) is 0 Å². The molecule has 0 unspecified atom stereocenters. The van der Waals surface area contributed by atoms with Gasteiger partial charge >= 0.3 is 6.03 Å². The summed E-state index contributed by atoms with van der Waals surface area (Å²) >= 11 is 1.21. The van der Waals surface area contributed by atoms with Gasteiger partial charge in [-0.3, -0.25) is 20.0 Å². The summed E-state index contributed by atoms with van der Waals surface area (Å²) in [6.07, 6.45) is 1.70. The second kappa shape index (κ2) is 8.49. The van der Waals surface area contributed by atoms with Crippen LogP contribution in [-0.4, -0.2) is 46.8 Å². The lowest BCUT2D eigenvalue weighted by Crippen LogP contribution is -2.67.